The second kappa shape index (κ2) is 9.90. The lowest BCUT2D eigenvalue weighted by molar-refractivity contribution is -0.136. The number of Topliss-reactive ketones (excluding diaryl/α,β-unsaturated/α-hetero) is 1. The van der Waals surface area contributed by atoms with Crippen LogP contribution in [0.1, 0.15) is 61.4 Å². The summed E-state index contributed by atoms with van der Waals surface area (Å²) in [5.41, 5.74) is 0.647. The van der Waals surface area contributed by atoms with Gasteiger partial charge in [0, 0.05) is 16.7 Å². The zero-order valence-corrected chi connectivity index (χ0v) is 22.9. The predicted octanol–water partition coefficient (Wildman–Crippen LogP) is 6.45. The summed E-state index contributed by atoms with van der Waals surface area (Å²) in [6.45, 7) is 8.35. The lowest BCUT2D eigenvalue weighted by Gasteiger charge is -2.59. The summed E-state index contributed by atoms with van der Waals surface area (Å²) >= 11 is 1.48. The molecule has 3 saturated carbocycles. The highest BCUT2D eigenvalue weighted by molar-refractivity contribution is 8.04. The van der Waals surface area contributed by atoms with Crippen molar-refractivity contribution in [2.75, 3.05) is 5.32 Å². The second-order valence-electron chi connectivity index (χ2n) is 11.5. The fourth-order valence-electron chi connectivity index (χ4n) is 6.84. The molecule has 4 N–H and O–H groups in total. The Labute approximate surface area is 232 Å². The lowest BCUT2D eigenvalue weighted by atomic mass is 9.44. The highest BCUT2D eigenvalue weighted by Crippen LogP contribution is 2.66. The van der Waals surface area contributed by atoms with E-state index >= 15 is 0 Å². The van der Waals surface area contributed by atoms with E-state index in [0.29, 0.717) is 10.8 Å². The van der Waals surface area contributed by atoms with Gasteiger partial charge in [0.05, 0.1) is 4.91 Å². The summed E-state index contributed by atoms with van der Waals surface area (Å²) in [4.78, 5) is 40.2. The molecule has 2 bridgehead atoms. The molecule has 4 aliphatic carbocycles. The molecule has 8 heteroatoms. The van der Waals surface area contributed by atoms with Crippen LogP contribution < -0.4 is 5.32 Å². The Hall–Kier alpha value is -3.52. The number of carbonyl (C=O) groups excluding carboxylic acids is 2. The number of aromatic hydroxyl groups is 2. The quantitative estimate of drug-likeness (QED) is 0.232. The molecule has 0 unspecified atom stereocenters. The summed E-state index contributed by atoms with van der Waals surface area (Å²) in [5.74, 6) is -2.55. The van der Waals surface area contributed by atoms with E-state index in [-0.39, 0.29) is 35.6 Å². The number of aryl methyl sites for hydroxylation is 1. The Balaban J connectivity index is 1.42. The van der Waals surface area contributed by atoms with Crippen LogP contribution in [0.15, 0.2) is 64.4 Å². The molecule has 4 atom stereocenters. The highest BCUT2D eigenvalue weighted by atomic mass is 32.2. The maximum Gasteiger partial charge on any atom is 0.339 e. The first-order valence-corrected chi connectivity index (χ1v) is 14.0. The van der Waals surface area contributed by atoms with Crippen molar-refractivity contribution in [3.8, 4) is 11.5 Å². The Morgan fingerprint density at radius 2 is 1.87 bits per heavy atom. The van der Waals surface area contributed by atoms with Gasteiger partial charge in [-0.2, -0.15) is 0 Å². The average Bonchev–Trinajstić information content (AvgIpc) is 2.89. The van der Waals surface area contributed by atoms with Gasteiger partial charge in [0.1, 0.15) is 17.0 Å². The number of phenolic OH excluding ortho intramolecular Hbond substituents is 1. The van der Waals surface area contributed by atoms with Gasteiger partial charge in [-0.05, 0) is 80.5 Å². The number of carboxylic acid groups (broad SMARTS) is 1. The zero-order valence-electron chi connectivity index (χ0n) is 22.1. The number of carbonyl (C=O) groups is 3. The van der Waals surface area contributed by atoms with E-state index in [0.717, 1.165) is 48.3 Å². The molecule has 0 aliphatic heterocycles. The first-order chi connectivity index (χ1) is 18.4. The number of phenols is 2. The smallest absolute Gasteiger partial charge is 0.339 e. The van der Waals surface area contributed by atoms with E-state index in [1.165, 1.54) is 17.3 Å². The predicted molar refractivity (Wildman–Crippen MR) is 150 cm³/mol. The van der Waals surface area contributed by atoms with Gasteiger partial charge in [-0.3, -0.25) is 9.59 Å². The van der Waals surface area contributed by atoms with Crippen molar-refractivity contribution < 1.29 is 29.7 Å². The van der Waals surface area contributed by atoms with Gasteiger partial charge >= 0.3 is 5.97 Å². The van der Waals surface area contributed by atoms with E-state index in [4.69, 9.17) is 0 Å². The van der Waals surface area contributed by atoms with Gasteiger partial charge < -0.3 is 20.6 Å². The molecule has 4 aliphatic rings. The molecule has 7 nitrogen and oxygen atoms in total. The Morgan fingerprint density at radius 3 is 2.54 bits per heavy atom. The van der Waals surface area contributed by atoms with Crippen LogP contribution in [0, 0.1) is 29.6 Å². The summed E-state index contributed by atoms with van der Waals surface area (Å²) in [6.07, 6.45) is 6.20. The number of ketones is 1. The second-order valence-corrected chi connectivity index (χ2v) is 12.6. The highest BCUT2D eigenvalue weighted by Gasteiger charge is 2.60. The van der Waals surface area contributed by atoms with Gasteiger partial charge in [-0.15, -0.1) is 0 Å². The SMILES string of the molecule is C=C1C[C@]23C=C(Sc4ccc(C)cc4)C(=O)[C@@](C)(CCC(=O)Nc4c(O)ccc(C(=O)O)c4O)[C@@H]2C[C@@H]1CC3. The number of carboxylic acids is 1. The number of amides is 1. The third kappa shape index (κ3) is 4.75. The van der Waals surface area contributed by atoms with E-state index < -0.39 is 34.4 Å². The van der Waals surface area contributed by atoms with Crippen LogP contribution in [0.4, 0.5) is 5.69 Å². The van der Waals surface area contributed by atoms with Gasteiger partial charge in [-0.1, -0.05) is 54.6 Å². The van der Waals surface area contributed by atoms with Crippen LogP contribution in [-0.4, -0.2) is 33.0 Å². The standard InChI is InChI=1S/C31H33NO6S/c1-17-4-6-20(7-5-17)39-23-16-31-13-10-19(18(2)15-31)14-24(31)30(3,28(23)36)12-11-25(34)32-26-22(33)9-8-21(27(26)35)29(37)38/h4-9,16,19,24,33,35H,2,10-15H2,1,3H3,(H,32,34)(H,37,38)/t19-,24-,30-,31+/m0/s1. The monoisotopic (exact) mass is 547 g/mol. The van der Waals surface area contributed by atoms with Crippen molar-refractivity contribution in [1.29, 1.82) is 0 Å². The number of aromatic carboxylic acids is 1. The summed E-state index contributed by atoms with van der Waals surface area (Å²) in [5, 5.41) is 32.2. The number of hydrogen-bond acceptors (Lipinski definition) is 6. The largest absolute Gasteiger partial charge is 0.506 e. The van der Waals surface area contributed by atoms with Crippen molar-refractivity contribution in [2.45, 2.75) is 57.3 Å². The molecule has 2 aromatic carbocycles. The third-order valence-corrected chi connectivity index (χ3v) is 10.0. The number of benzene rings is 2. The van der Waals surface area contributed by atoms with Crippen LogP contribution >= 0.6 is 11.8 Å². The number of hydrogen-bond donors (Lipinski definition) is 4. The molecule has 1 spiro atoms. The van der Waals surface area contributed by atoms with E-state index in [1.807, 2.05) is 38.1 Å². The molecule has 2 aromatic rings. The van der Waals surface area contributed by atoms with Gasteiger partial charge in [-0.25, -0.2) is 4.79 Å². The van der Waals surface area contributed by atoms with E-state index in [9.17, 15) is 29.7 Å². The molecule has 3 fully saturated rings. The lowest BCUT2D eigenvalue weighted by Crippen LogP contribution is -2.55. The van der Waals surface area contributed by atoms with Crippen molar-refractivity contribution in [2.24, 2.45) is 22.7 Å². The first kappa shape index (κ1) is 27.1. The van der Waals surface area contributed by atoms with Crippen molar-refractivity contribution in [3.05, 3.63) is 70.7 Å². The van der Waals surface area contributed by atoms with Crippen molar-refractivity contribution >= 4 is 35.1 Å². The molecule has 6 rings (SSSR count). The number of nitrogens with one attached hydrogen (secondary N) is 1. The molecule has 1 amide bonds. The maximum atomic E-state index is 14.1. The molecule has 204 valence electrons. The van der Waals surface area contributed by atoms with Crippen LogP contribution in [0.5, 0.6) is 11.5 Å². The molecule has 0 heterocycles. The Bertz CT molecular complexity index is 1410. The summed E-state index contributed by atoms with van der Waals surface area (Å²) < 4.78 is 0. The van der Waals surface area contributed by atoms with Gasteiger partial charge in [0.25, 0.3) is 0 Å². The first-order valence-electron chi connectivity index (χ1n) is 13.2. The van der Waals surface area contributed by atoms with Crippen molar-refractivity contribution in [3.63, 3.8) is 0 Å². The van der Waals surface area contributed by atoms with Crippen LogP contribution in [0.2, 0.25) is 0 Å². The number of rotatable bonds is 7. The fourth-order valence-corrected chi connectivity index (χ4v) is 7.98. The number of thioether (sulfide) groups is 1. The summed E-state index contributed by atoms with van der Waals surface area (Å²) in [7, 11) is 0. The molecule has 0 saturated heterocycles. The molecular formula is C31H33NO6S. The zero-order chi connectivity index (χ0) is 28.1. The molecule has 0 aromatic heterocycles. The van der Waals surface area contributed by atoms with E-state index in [2.05, 4.69) is 18.0 Å². The van der Waals surface area contributed by atoms with Crippen LogP contribution in [0.25, 0.3) is 0 Å². The molecule has 39 heavy (non-hydrogen) atoms. The topological polar surface area (TPSA) is 124 Å². The van der Waals surface area contributed by atoms with Crippen LogP contribution in [-0.2, 0) is 9.59 Å². The van der Waals surface area contributed by atoms with Gasteiger partial charge in [0.15, 0.2) is 11.5 Å². The normalized spacial score (nSPS) is 27.6. The number of allylic oxidation sites excluding steroid dienone is 3. The minimum atomic E-state index is -1.38. The van der Waals surface area contributed by atoms with Crippen LogP contribution in [0.3, 0.4) is 0 Å². The molecular weight excluding hydrogens is 514 g/mol. The Morgan fingerprint density at radius 1 is 1.15 bits per heavy atom. The minimum Gasteiger partial charge on any atom is -0.506 e. The maximum absolute atomic E-state index is 14.1. The summed E-state index contributed by atoms with van der Waals surface area (Å²) in [6, 6.07) is 10.3. The fraction of sp³-hybridized carbons (Fsp3) is 0.387. The number of anilines is 1. The van der Waals surface area contributed by atoms with Gasteiger partial charge in [0.2, 0.25) is 5.91 Å². The average molecular weight is 548 g/mol. The van der Waals surface area contributed by atoms with Crippen molar-refractivity contribution in [1.82, 2.24) is 0 Å². The third-order valence-electron chi connectivity index (χ3n) is 9.01. The Kier molecular flexibility index (Phi) is 6.87. The molecule has 0 radical (unpaired) electrons. The minimum absolute atomic E-state index is 0.0287. The van der Waals surface area contributed by atoms with E-state index in [1.54, 1.807) is 0 Å². The number of fused-ring (bicyclic) bond motifs is 2.